The monoisotopic (exact) mass is 381 g/mol. The zero-order valence-corrected chi connectivity index (χ0v) is 15.6. The van der Waals surface area contributed by atoms with E-state index >= 15 is 0 Å². The molecule has 6 heteroatoms. The molecule has 0 amide bonds. The lowest BCUT2D eigenvalue weighted by Gasteiger charge is -2.27. The van der Waals surface area contributed by atoms with E-state index in [1.54, 1.807) is 0 Å². The molecule has 1 unspecified atom stereocenters. The average molecular weight is 383 g/mol. The molecule has 114 valence electrons. The van der Waals surface area contributed by atoms with Gasteiger partial charge in [0, 0.05) is 11.4 Å². The molecule has 20 heavy (non-hydrogen) atoms. The van der Waals surface area contributed by atoms with Crippen molar-refractivity contribution in [2.75, 3.05) is 6.61 Å². The van der Waals surface area contributed by atoms with Gasteiger partial charge in [0.15, 0.2) is 5.75 Å². The van der Waals surface area contributed by atoms with Crippen LogP contribution in [-0.2, 0) is 11.4 Å². The summed E-state index contributed by atoms with van der Waals surface area (Å²) in [4.78, 5) is 0. The lowest BCUT2D eigenvalue weighted by molar-refractivity contribution is 0.337. The molecule has 1 aromatic rings. The third-order valence-corrected chi connectivity index (χ3v) is 5.37. The Kier molecular flexibility index (Phi) is 6.67. The molecule has 3 nitrogen and oxygen atoms in total. The minimum atomic E-state index is -1.15. The van der Waals surface area contributed by atoms with E-state index in [0.717, 1.165) is 10.0 Å². The summed E-state index contributed by atoms with van der Waals surface area (Å²) in [6.45, 7) is 10.2. The van der Waals surface area contributed by atoms with Gasteiger partial charge in [-0.15, -0.1) is 4.72 Å². The molecule has 1 rings (SSSR count). The van der Waals surface area contributed by atoms with Crippen LogP contribution in [0.2, 0.25) is 5.02 Å². The van der Waals surface area contributed by atoms with Crippen LogP contribution in [-0.4, -0.2) is 15.9 Å². The fraction of sp³-hybridized carbons (Fsp3) is 0.571. The molecule has 0 aromatic heterocycles. The zero-order valence-electron chi connectivity index (χ0n) is 12.4. The first-order chi connectivity index (χ1) is 9.18. The third kappa shape index (κ3) is 4.53. The maximum atomic E-state index is 12.2. The number of ether oxygens (including phenoxy) is 1. The van der Waals surface area contributed by atoms with Gasteiger partial charge in [0.2, 0.25) is 0 Å². The van der Waals surface area contributed by atoms with Gasteiger partial charge in [-0.1, -0.05) is 17.7 Å². The van der Waals surface area contributed by atoms with Crippen molar-refractivity contribution in [3.05, 3.63) is 27.2 Å². The van der Waals surface area contributed by atoms with E-state index in [4.69, 9.17) is 16.3 Å². The second-order valence-electron chi connectivity index (χ2n) is 5.43. The normalized spacial score (nSPS) is 15.0. The van der Waals surface area contributed by atoms with Crippen molar-refractivity contribution >= 4 is 38.9 Å². The molecular formula is C14H21BrClNO2S. The van der Waals surface area contributed by atoms with Crippen molar-refractivity contribution in [3.63, 3.8) is 0 Å². The summed E-state index contributed by atoms with van der Waals surface area (Å²) in [5, 5.41) is 0.548. The van der Waals surface area contributed by atoms with Crippen LogP contribution in [0.25, 0.3) is 0 Å². The van der Waals surface area contributed by atoms with Crippen LogP contribution in [0.1, 0.15) is 46.2 Å². The van der Waals surface area contributed by atoms with Crippen molar-refractivity contribution in [1.82, 2.24) is 4.72 Å². The number of hydrogen-bond acceptors (Lipinski definition) is 3. The molecule has 1 aromatic carbocycles. The standard InChI is InChI=1S/C14H21BrClNO2S/c1-6-19-13-11(15)8-7-10(12(13)16)9(2)17-20(18)14(3,4)5/h7-9,17H,6H2,1-5H3/t9-,20?/m1/s1. The largest absolute Gasteiger partial charge is 0.598 e. The van der Waals surface area contributed by atoms with Crippen molar-refractivity contribution in [3.8, 4) is 5.75 Å². The number of benzene rings is 1. The first-order valence-corrected chi connectivity index (χ1v) is 8.79. The van der Waals surface area contributed by atoms with E-state index in [0.29, 0.717) is 17.4 Å². The molecule has 0 aliphatic rings. The van der Waals surface area contributed by atoms with Gasteiger partial charge < -0.3 is 9.29 Å². The molecule has 0 saturated heterocycles. The van der Waals surface area contributed by atoms with Crippen molar-refractivity contribution in [2.45, 2.75) is 45.4 Å². The Morgan fingerprint density at radius 2 is 2.05 bits per heavy atom. The molecule has 0 aliphatic heterocycles. The molecular weight excluding hydrogens is 362 g/mol. The van der Waals surface area contributed by atoms with Crippen LogP contribution < -0.4 is 9.46 Å². The van der Waals surface area contributed by atoms with E-state index in [-0.39, 0.29) is 10.8 Å². The van der Waals surface area contributed by atoms with Crippen LogP contribution in [0.4, 0.5) is 0 Å². The topological polar surface area (TPSA) is 44.3 Å². The SMILES string of the molecule is CCOc1c(Br)ccc([C@@H](C)N[S+]([O-])C(C)(C)C)c1Cl. The van der Waals surface area contributed by atoms with Crippen LogP contribution in [0, 0.1) is 0 Å². The molecule has 0 heterocycles. The minimum Gasteiger partial charge on any atom is -0.598 e. The van der Waals surface area contributed by atoms with E-state index in [2.05, 4.69) is 20.7 Å². The molecule has 0 aliphatic carbocycles. The highest BCUT2D eigenvalue weighted by atomic mass is 79.9. The Morgan fingerprint density at radius 1 is 1.45 bits per heavy atom. The van der Waals surface area contributed by atoms with E-state index < -0.39 is 11.4 Å². The van der Waals surface area contributed by atoms with Gasteiger partial charge in [-0.2, -0.15) is 0 Å². The summed E-state index contributed by atoms with van der Waals surface area (Å²) in [5.74, 6) is 0.627. The fourth-order valence-electron chi connectivity index (χ4n) is 1.56. The van der Waals surface area contributed by atoms with Gasteiger partial charge in [-0.25, -0.2) is 0 Å². The molecule has 0 fully saturated rings. The third-order valence-electron chi connectivity index (χ3n) is 2.67. The molecule has 2 atom stereocenters. The number of hydrogen-bond donors (Lipinski definition) is 1. The van der Waals surface area contributed by atoms with Crippen molar-refractivity contribution < 1.29 is 9.29 Å². The van der Waals surface area contributed by atoms with E-state index in [9.17, 15) is 4.55 Å². The number of nitrogens with one attached hydrogen (secondary N) is 1. The highest BCUT2D eigenvalue weighted by Gasteiger charge is 2.29. The molecule has 0 radical (unpaired) electrons. The average Bonchev–Trinajstić information content (AvgIpc) is 2.33. The fourth-order valence-corrected chi connectivity index (χ4v) is 3.30. The van der Waals surface area contributed by atoms with Crippen LogP contribution in [0.3, 0.4) is 0 Å². The van der Waals surface area contributed by atoms with Crippen molar-refractivity contribution in [2.24, 2.45) is 0 Å². The number of rotatable bonds is 5. The van der Waals surface area contributed by atoms with Gasteiger partial charge in [0.25, 0.3) is 0 Å². The maximum Gasteiger partial charge on any atom is 0.152 e. The lowest BCUT2D eigenvalue weighted by atomic mass is 10.1. The summed E-state index contributed by atoms with van der Waals surface area (Å²) in [5.41, 5.74) is 0.871. The van der Waals surface area contributed by atoms with Gasteiger partial charge in [-0.3, -0.25) is 0 Å². The smallest absolute Gasteiger partial charge is 0.152 e. The summed E-state index contributed by atoms with van der Waals surface area (Å²) in [6, 6.07) is 3.67. The van der Waals surface area contributed by atoms with Crippen molar-refractivity contribution in [1.29, 1.82) is 0 Å². The molecule has 0 saturated carbocycles. The van der Waals surface area contributed by atoms with E-state index in [1.165, 1.54) is 0 Å². The van der Waals surface area contributed by atoms with Crippen LogP contribution in [0.15, 0.2) is 16.6 Å². The Balaban J connectivity index is 2.99. The Hall–Kier alpha value is 0.0600. The second-order valence-corrected chi connectivity index (χ2v) is 8.66. The molecule has 0 spiro atoms. The number of halogens is 2. The predicted molar refractivity (Wildman–Crippen MR) is 89.8 cm³/mol. The first kappa shape index (κ1) is 18.1. The van der Waals surface area contributed by atoms with Gasteiger partial charge >= 0.3 is 0 Å². The second kappa shape index (κ2) is 7.36. The summed E-state index contributed by atoms with van der Waals surface area (Å²) in [6.07, 6.45) is 0. The quantitative estimate of drug-likeness (QED) is 0.756. The lowest BCUT2D eigenvalue weighted by Crippen LogP contribution is -2.40. The highest BCUT2D eigenvalue weighted by molar-refractivity contribution is 9.10. The van der Waals surface area contributed by atoms with Crippen LogP contribution in [0.5, 0.6) is 5.75 Å². The van der Waals surface area contributed by atoms with Gasteiger partial charge in [0.1, 0.15) is 4.75 Å². The first-order valence-electron chi connectivity index (χ1n) is 6.47. The van der Waals surface area contributed by atoms with Gasteiger partial charge in [-0.05, 0) is 62.2 Å². The Bertz CT molecular complexity index is 465. The Labute approximate surface area is 137 Å². The maximum absolute atomic E-state index is 12.2. The minimum absolute atomic E-state index is 0.130. The Morgan fingerprint density at radius 3 is 2.55 bits per heavy atom. The van der Waals surface area contributed by atoms with Gasteiger partial charge in [0.05, 0.1) is 22.1 Å². The molecule has 0 bridgehead atoms. The predicted octanol–water partition coefficient (Wildman–Crippen LogP) is 4.61. The summed E-state index contributed by atoms with van der Waals surface area (Å²) >= 11 is 8.66. The van der Waals surface area contributed by atoms with E-state index in [1.807, 2.05) is 46.8 Å². The summed E-state index contributed by atoms with van der Waals surface area (Å²) in [7, 11) is 0. The van der Waals surface area contributed by atoms with Crippen LogP contribution >= 0.6 is 27.5 Å². The zero-order chi connectivity index (χ0) is 15.5. The molecule has 1 N–H and O–H groups in total. The summed E-state index contributed by atoms with van der Waals surface area (Å²) < 4.78 is 21.3. The highest BCUT2D eigenvalue weighted by Crippen LogP contribution is 2.38.